The van der Waals surface area contributed by atoms with Crippen LogP contribution in [0.15, 0.2) is 0 Å². The number of nitrogens with one attached hydrogen (secondary N) is 1. The van der Waals surface area contributed by atoms with Crippen molar-refractivity contribution in [3.8, 4) is 0 Å². The van der Waals surface area contributed by atoms with E-state index in [9.17, 15) is 9.36 Å². The molecule has 0 bridgehead atoms. The second-order valence-electron chi connectivity index (χ2n) is 3.60. The van der Waals surface area contributed by atoms with Gasteiger partial charge in [0.1, 0.15) is 0 Å². The largest absolute Gasteiger partial charge is 0.367 e. The van der Waals surface area contributed by atoms with Gasteiger partial charge in [-0.2, -0.15) is 0 Å². The van der Waals surface area contributed by atoms with Crippen LogP contribution in [0, 0.1) is 0 Å². The van der Waals surface area contributed by atoms with Crippen LogP contribution in [0.25, 0.3) is 0 Å². The number of carbonyl (C=O) groups excluding carboxylic acids is 1. The van der Waals surface area contributed by atoms with Gasteiger partial charge in [0.2, 0.25) is 0 Å². The summed E-state index contributed by atoms with van der Waals surface area (Å²) in [7, 11) is -4.42. The van der Waals surface area contributed by atoms with E-state index < -0.39 is 19.2 Å². The van der Waals surface area contributed by atoms with Crippen LogP contribution in [0.1, 0.15) is 13.3 Å². The van der Waals surface area contributed by atoms with Crippen molar-refractivity contribution in [2.75, 3.05) is 26.2 Å². The van der Waals surface area contributed by atoms with Crippen LogP contribution in [0.2, 0.25) is 0 Å². The number of hydrogen-bond donors (Lipinski definition) is 3. The Morgan fingerprint density at radius 1 is 1.50 bits per heavy atom. The molecule has 0 radical (unpaired) electrons. The fourth-order valence-corrected chi connectivity index (χ4v) is 2.26. The number of piperazine rings is 1. The first kappa shape index (κ1) is 13.6. The third-order valence-corrected chi connectivity index (χ3v) is 3.75. The standard InChI is InChI=1S/C8H17N2O5P/c1-2-7(16(12,13)14)8(11)15-10-5-3-9-4-6-10/h7,9H,2-6H2,1H3,(H2,12,13,14). The van der Waals surface area contributed by atoms with Gasteiger partial charge in [0.15, 0.2) is 5.66 Å². The number of hydrogen-bond acceptors (Lipinski definition) is 5. The molecule has 1 saturated heterocycles. The van der Waals surface area contributed by atoms with Gasteiger partial charge in [-0.15, -0.1) is 5.06 Å². The Hall–Kier alpha value is -0.460. The van der Waals surface area contributed by atoms with Gasteiger partial charge < -0.3 is 19.9 Å². The Labute approximate surface area is 93.9 Å². The van der Waals surface area contributed by atoms with Crippen molar-refractivity contribution >= 4 is 13.6 Å². The Balaban J connectivity index is 2.52. The molecule has 0 aromatic carbocycles. The molecule has 0 aromatic rings. The van der Waals surface area contributed by atoms with Crippen molar-refractivity contribution in [3.63, 3.8) is 0 Å². The van der Waals surface area contributed by atoms with E-state index in [0.29, 0.717) is 26.2 Å². The summed E-state index contributed by atoms with van der Waals surface area (Å²) in [6, 6.07) is 0. The molecule has 1 fully saturated rings. The van der Waals surface area contributed by atoms with Crippen LogP contribution in [0.4, 0.5) is 0 Å². The first-order chi connectivity index (χ1) is 7.45. The first-order valence-corrected chi connectivity index (χ1v) is 6.86. The molecule has 0 aromatic heterocycles. The summed E-state index contributed by atoms with van der Waals surface area (Å²) in [5.41, 5.74) is -1.36. The zero-order valence-electron chi connectivity index (χ0n) is 9.13. The summed E-state index contributed by atoms with van der Waals surface area (Å²) in [4.78, 5) is 34.4. The highest BCUT2D eigenvalue weighted by Gasteiger charge is 2.36. The van der Waals surface area contributed by atoms with Gasteiger partial charge in [-0.1, -0.05) is 6.92 Å². The molecule has 1 heterocycles. The quantitative estimate of drug-likeness (QED) is 0.569. The van der Waals surface area contributed by atoms with Gasteiger partial charge in [-0.05, 0) is 6.42 Å². The molecule has 1 atom stereocenters. The molecule has 94 valence electrons. The topological polar surface area (TPSA) is 99.1 Å². The number of rotatable bonds is 4. The highest BCUT2D eigenvalue weighted by molar-refractivity contribution is 7.53. The molecular formula is C8H17N2O5P. The summed E-state index contributed by atoms with van der Waals surface area (Å²) in [6.07, 6.45) is 0.0647. The van der Waals surface area contributed by atoms with Crippen LogP contribution in [-0.2, 0) is 14.2 Å². The molecule has 7 nitrogen and oxygen atoms in total. The molecular weight excluding hydrogens is 235 g/mol. The van der Waals surface area contributed by atoms with Crippen molar-refractivity contribution in [1.29, 1.82) is 0 Å². The number of hydroxylamine groups is 2. The van der Waals surface area contributed by atoms with Gasteiger partial charge in [0.05, 0.1) is 0 Å². The highest BCUT2D eigenvalue weighted by Crippen LogP contribution is 2.43. The van der Waals surface area contributed by atoms with Gasteiger partial charge in [0, 0.05) is 26.2 Å². The maximum atomic E-state index is 11.5. The van der Waals surface area contributed by atoms with E-state index in [1.54, 1.807) is 6.92 Å². The van der Waals surface area contributed by atoms with Gasteiger partial charge in [0.25, 0.3) is 0 Å². The van der Waals surface area contributed by atoms with Crippen molar-refractivity contribution in [3.05, 3.63) is 0 Å². The van der Waals surface area contributed by atoms with Crippen molar-refractivity contribution in [1.82, 2.24) is 10.4 Å². The van der Waals surface area contributed by atoms with E-state index in [2.05, 4.69) is 5.32 Å². The summed E-state index contributed by atoms with van der Waals surface area (Å²) >= 11 is 0. The van der Waals surface area contributed by atoms with E-state index >= 15 is 0 Å². The molecule has 0 saturated carbocycles. The molecule has 1 rings (SSSR count). The van der Waals surface area contributed by atoms with Gasteiger partial charge >= 0.3 is 13.6 Å². The zero-order valence-corrected chi connectivity index (χ0v) is 10.0. The Morgan fingerprint density at radius 2 is 2.06 bits per heavy atom. The van der Waals surface area contributed by atoms with E-state index in [1.807, 2.05) is 0 Å². The van der Waals surface area contributed by atoms with Crippen LogP contribution in [-0.4, -0.2) is 52.7 Å². The lowest BCUT2D eigenvalue weighted by molar-refractivity contribution is -0.192. The summed E-state index contributed by atoms with van der Waals surface area (Å²) < 4.78 is 11.0. The third kappa shape index (κ3) is 3.84. The lowest BCUT2D eigenvalue weighted by Gasteiger charge is -2.27. The van der Waals surface area contributed by atoms with Crippen LogP contribution in [0.5, 0.6) is 0 Å². The monoisotopic (exact) mass is 252 g/mol. The van der Waals surface area contributed by atoms with Gasteiger partial charge in [-0.25, -0.2) is 4.79 Å². The SMILES string of the molecule is CCC(C(=O)ON1CCNCC1)P(=O)(O)O. The lowest BCUT2D eigenvalue weighted by Crippen LogP contribution is -2.45. The van der Waals surface area contributed by atoms with E-state index in [4.69, 9.17) is 14.6 Å². The maximum Gasteiger partial charge on any atom is 0.340 e. The summed E-state index contributed by atoms with van der Waals surface area (Å²) in [5.74, 6) is -0.849. The first-order valence-electron chi connectivity index (χ1n) is 5.18. The molecule has 0 amide bonds. The minimum atomic E-state index is -4.42. The predicted octanol–water partition coefficient (Wildman–Crippen LogP) is -0.694. The van der Waals surface area contributed by atoms with E-state index in [1.165, 1.54) is 5.06 Å². The average molecular weight is 252 g/mol. The Kier molecular flexibility index (Phi) is 4.89. The number of carbonyl (C=O) groups is 1. The summed E-state index contributed by atoms with van der Waals surface area (Å²) in [5, 5.41) is 4.50. The molecule has 0 spiro atoms. The lowest BCUT2D eigenvalue weighted by atomic mass is 10.3. The molecule has 16 heavy (non-hydrogen) atoms. The third-order valence-electron chi connectivity index (χ3n) is 2.36. The van der Waals surface area contributed by atoms with E-state index in [-0.39, 0.29) is 6.42 Å². The van der Waals surface area contributed by atoms with Crippen molar-refractivity contribution in [2.45, 2.75) is 19.0 Å². The van der Waals surface area contributed by atoms with Crippen LogP contribution < -0.4 is 5.32 Å². The second-order valence-corrected chi connectivity index (χ2v) is 5.40. The Morgan fingerprint density at radius 3 is 2.50 bits per heavy atom. The minimum Gasteiger partial charge on any atom is -0.367 e. The second kappa shape index (κ2) is 5.75. The maximum absolute atomic E-state index is 11.5. The zero-order chi connectivity index (χ0) is 12.2. The molecule has 3 N–H and O–H groups in total. The normalized spacial score (nSPS) is 20.4. The minimum absolute atomic E-state index is 0.0647. The fraction of sp³-hybridized carbons (Fsp3) is 0.875. The fourth-order valence-electron chi connectivity index (χ4n) is 1.47. The molecule has 1 unspecified atom stereocenters. The number of nitrogens with zero attached hydrogens (tertiary/aromatic N) is 1. The van der Waals surface area contributed by atoms with Crippen LogP contribution in [0.3, 0.4) is 0 Å². The molecule has 8 heteroatoms. The smallest absolute Gasteiger partial charge is 0.340 e. The summed E-state index contributed by atoms with van der Waals surface area (Å²) in [6.45, 7) is 4.00. The van der Waals surface area contributed by atoms with E-state index in [0.717, 1.165) is 0 Å². The molecule has 1 aliphatic rings. The predicted molar refractivity (Wildman–Crippen MR) is 56.7 cm³/mol. The highest BCUT2D eigenvalue weighted by atomic mass is 31.2. The molecule has 1 aliphatic heterocycles. The van der Waals surface area contributed by atoms with Crippen molar-refractivity contribution in [2.24, 2.45) is 0 Å². The van der Waals surface area contributed by atoms with Gasteiger partial charge in [-0.3, -0.25) is 4.57 Å². The average Bonchev–Trinajstić information content (AvgIpc) is 2.17. The molecule has 0 aliphatic carbocycles. The van der Waals surface area contributed by atoms with Crippen LogP contribution >= 0.6 is 7.60 Å². The van der Waals surface area contributed by atoms with Crippen molar-refractivity contribution < 1.29 is 24.0 Å². The Bertz CT molecular complexity index is 286.